The van der Waals surface area contributed by atoms with Gasteiger partial charge in [-0.25, -0.2) is 13.6 Å². The number of ether oxygens (including phenoxy) is 1. The number of carbonyl (C=O) groups excluding carboxylic acids is 1. The van der Waals surface area contributed by atoms with E-state index in [2.05, 4.69) is 27.7 Å². The molecule has 1 heterocycles. The standard InChI is InChI=1S/C30H38ClF2NO4Si/c1-8-37-29(36)22-15-34(26(17(2)3)16-38-39-30(6,7)18(4)5)25-14-24(32)20(13-21(25)28(22)35)12-19-10-9-11-23(31)27(19)33/h9-11,13-15,17-18,26H,8,12,16,39H2,1-7H3/t26-/m1/s1. The van der Waals surface area contributed by atoms with Gasteiger partial charge in [0.2, 0.25) is 5.43 Å². The number of benzene rings is 2. The summed E-state index contributed by atoms with van der Waals surface area (Å²) < 4.78 is 43.3. The first kappa shape index (κ1) is 31.0. The number of esters is 1. The van der Waals surface area contributed by atoms with Crippen molar-refractivity contribution in [2.24, 2.45) is 11.8 Å². The van der Waals surface area contributed by atoms with Crippen LogP contribution in [0.2, 0.25) is 10.1 Å². The molecule has 0 saturated carbocycles. The van der Waals surface area contributed by atoms with Crippen molar-refractivity contribution in [2.45, 2.75) is 66.0 Å². The van der Waals surface area contributed by atoms with E-state index < -0.39 is 32.8 Å². The van der Waals surface area contributed by atoms with Crippen LogP contribution in [0.4, 0.5) is 8.78 Å². The molecule has 212 valence electrons. The van der Waals surface area contributed by atoms with Gasteiger partial charge in [0, 0.05) is 18.0 Å². The molecule has 0 aliphatic carbocycles. The van der Waals surface area contributed by atoms with Crippen molar-refractivity contribution in [1.29, 1.82) is 0 Å². The first-order chi connectivity index (χ1) is 18.3. The van der Waals surface area contributed by atoms with Crippen LogP contribution in [0.3, 0.4) is 0 Å². The molecule has 0 N–H and O–H groups in total. The molecular weight excluding hydrogens is 540 g/mol. The molecule has 0 bridgehead atoms. The Hall–Kier alpha value is -2.55. The van der Waals surface area contributed by atoms with Crippen LogP contribution < -0.4 is 5.43 Å². The van der Waals surface area contributed by atoms with E-state index in [9.17, 15) is 14.0 Å². The van der Waals surface area contributed by atoms with Crippen LogP contribution >= 0.6 is 11.6 Å². The molecule has 9 heteroatoms. The molecule has 0 aliphatic heterocycles. The molecule has 2 aromatic carbocycles. The SMILES string of the molecule is CCOC(=O)c1cn([C@H](CO[SiH2]C(C)(C)C(C)C)C(C)C)c2cc(F)c(Cc3cccc(Cl)c3F)cc2c1=O. The van der Waals surface area contributed by atoms with E-state index in [0.717, 1.165) is 0 Å². The maximum atomic E-state index is 15.5. The van der Waals surface area contributed by atoms with Crippen LogP contribution in [0.25, 0.3) is 10.9 Å². The molecule has 39 heavy (non-hydrogen) atoms. The maximum Gasteiger partial charge on any atom is 0.343 e. The summed E-state index contributed by atoms with van der Waals surface area (Å²) in [6, 6.07) is 6.94. The maximum absolute atomic E-state index is 15.5. The topological polar surface area (TPSA) is 57.5 Å². The van der Waals surface area contributed by atoms with E-state index in [1.165, 1.54) is 30.5 Å². The van der Waals surface area contributed by atoms with E-state index in [1.54, 1.807) is 17.6 Å². The second kappa shape index (κ2) is 12.7. The molecular formula is C30H38ClF2NO4Si. The van der Waals surface area contributed by atoms with Crippen LogP contribution in [0.15, 0.2) is 41.3 Å². The van der Waals surface area contributed by atoms with Gasteiger partial charge in [0.1, 0.15) is 17.2 Å². The Balaban J connectivity index is 2.17. The van der Waals surface area contributed by atoms with E-state index >= 15 is 4.39 Å². The second-order valence-corrected chi connectivity index (χ2v) is 14.2. The zero-order valence-electron chi connectivity index (χ0n) is 23.7. The van der Waals surface area contributed by atoms with Gasteiger partial charge in [-0.1, -0.05) is 65.3 Å². The summed E-state index contributed by atoms with van der Waals surface area (Å²) in [6.45, 7) is 14.9. The normalized spacial score (nSPS) is 13.2. The molecule has 0 radical (unpaired) electrons. The lowest BCUT2D eigenvalue weighted by atomic mass is 9.99. The van der Waals surface area contributed by atoms with Gasteiger partial charge in [-0.3, -0.25) is 4.79 Å². The molecule has 0 unspecified atom stereocenters. The summed E-state index contributed by atoms with van der Waals surface area (Å²) in [6.07, 6.45) is 1.35. The number of nitrogens with zero attached hydrogens (tertiary/aromatic N) is 1. The summed E-state index contributed by atoms with van der Waals surface area (Å²) in [4.78, 5) is 26.3. The van der Waals surface area contributed by atoms with Crippen molar-refractivity contribution in [1.82, 2.24) is 4.57 Å². The van der Waals surface area contributed by atoms with Gasteiger partial charge >= 0.3 is 5.97 Å². The fourth-order valence-electron chi connectivity index (χ4n) is 4.27. The van der Waals surface area contributed by atoms with Crippen molar-refractivity contribution in [3.63, 3.8) is 0 Å². The molecule has 1 atom stereocenters. The quantitative estimate of drug-likeness (QED) is 0.185. The van der Waals surface area contributed by atoms with Crippen LogP contribution in [0, 0.1) is 23.5 Å². The summed E-state index contributed by atoms with van der Waals surface area (Å²) in [5.41, 5.74) is -0.0361. The number of halogens is 3. The summed E-state index contributed by atoms with van der Waals surface area (Å²) >= 11 is 5.92. The van der Waals surface area contributed by atoms with Crippen LogP contribution in [-0.4, -0.2) is 33.5 Å². The molecule has 0 spiro atoms. The van der Waals surface area contributed by atoms with Crippen molar-refractivity contribution in [2.75, 3.05) is 13.2 Å². The Morgan fingerprint density at radius 3 is 2.44 bits per heavy atom. The lowest BCUT2D eigenvalue weighted by Gasteiger charge is -2.31. The molecule has 0 aliphatic rings. The van der Waals surface area contributed by atoms with Crippen molar-refractivity contribution in [3.05, 3.63) is 80.1 Å². The molecule has 0 saturated heterocycles. The van der Waals surface area contributed by atoms with Crippen molar-refractivity contribution >= 4 is 38.2 Å². The number of fused-ring (bicyclic) bond motifs is 1. The minimum atomic E-state index is -0.923. The predicted molar refractivity (Wildman–Crippen MR) is 156 cm³/mol. The first-order valence-electron chi connectivity index (χ1n) is 13.3. The number of pyridine rings is 1. The van der Waals surface area contributed by atoms with Gasteiger partial charge in [-0.05, 0) is 53.1 Å². The zero-order valence-corrected chi connectivity index (χ0v) is 25.9. The average molecular weight is 578 g/mol. The Labute approximate surface area is 236 Å². The molecule has 1 aromatic heterocycles. The monoisotopic (exact) mass is 577 g/mol. The number of carbonyl (C=O) groups is 1. The predicted octanol–water partition coefficient (Wildman–Crippen LogP) is 6.85. The number of hydrogen-bond acceptors (Lipinski definition) is 4. The minimum Gasteiger partial charge on any atom is -0.462 e. The third-order valence-electron chi connectivity index (χ3n) is 7.56. The van der Waals surface area contributed by atoms with Gasteiger partial charge in [-0.2, -0.15) is 0 Å². The van der Waals surface area contributed by atoms with Crippen LogP contribution in [0.5, 0.6) is 0 Å². The lowest BCUT2D eigenvalue weighted by Crippen LogP contribution is -2.29. The van der Waals surface area contributed by atoms with Gasteiger partial charge < -0.3 is 13.7 Å². The summed E-state index contributed by atoms with van der Waals surface area (Å²) in [5, 5.41) is 0.175. The van der Waals surface area contributed by atoms with E-state index in [4.69, 9.17) is 20.8 Å². The van der Waals surface area contributed by atoms with E-state index in [1.807, 2.05) is 13.8 Å². The highest BCUT2D eigenvalue weighted by molar-refractivity contribution is 6.32. The second-order valence-electron chi connectivity index (χ2n) is 11.3. The van der Waals surface area contributed by atoms with Gasteiger partial charge in [0.15, 0.2) is 9.76 Å². The van der Waals surface area contributed by atoms with Crippen LogP contribution in [-0.2, 0) is 15.6 Å². The van der Waals surface area contributed by atoms with Crippen molar-refractivity contribution in [3.8, 4) is 0 Å². The fraction of sp³-hybridized carbons (Fsp3) is 0.467. The third-order valence-corrected chi connectivity index (χ3v) is 9.85. The zero-order chi connectivity index (χ0) is 29.1. The third kappa shape index (κ3) is 6.97. The number of hydrogen-bond donors (Lipinski definition) is 0. The lowest BCUT2D eigenvalue weighted by molar-refractivity contribution is 0.0523. The van der Waals surface area contributed by atoms with Crippen molar-refractivity contribution < 1.29 is 22.7 Å². The highest BCUT2D eigenvalue weighted by Crippen LogP contribution is 2.34. The van der Waals surface area contributed by atoms with Crippen LogP contribution in [0.1, 0.15) is 76.0 Å². The Morgan fingerprint density at radius 1 is 1.13 bits per heavy atom. The molecule has 0 amide bonds. The average Bonchev–Trinajstić information content (AvgIpc) is 2.86. The molecule has 3 aromatic rings. The van der Waals surface area contributed by atoms with E-state index in [0.29, 0.717) is 18.0 Å². The Morgan fingerprint density at radius 2 is 1.82 bits per heavy atom. The minimum absolute atomic E-state index is 0.0465. The summed E-state index contributed by atoms with van der Waals surface area (Å²) in [5.74, 6) is -1.46. The Kier molecular flexibility index (Phi) is 10.1. The van der Waals surface area contributed by atoms with Gasteiger partial charge in [-0.15, -0.1) is 0 Å². The molecule has 3 rings (SSSR count). The first-order valence-corrected chi connectivity index (χ1v) is 15.0. The number of aromatic nitrogens is 1. The molecule has 5 nitrogen and oxygen atoms in total. The van der Waals surface area contributed by atoms with E-state index in [-0.39, 0.29) is 57.1 Å². The fourth-order valence-corrected chi connectivity index (χ4v) is 5.69. The smallest absolute Gasteiger partial charge is 0.343 e. The highest BCUT2D eigenvalue weighted by atomic mass is 35.5. The largest absolute Gasteiger partial charge is 0.462 e. The Bertz CT molecular complexity index is 1400. The van der Waals surface area contributed by atoms with Gasteiger partial charge in [0.05, 0.1) is 29.8 Å². The highest BCUT2D eigenvalue weighted by Gasteiger charge is 2.27. The van der Waals surface area contributed by atoms with Gasteiger partial charge in [0.25, 0.3) is 0 Å². The summed E-state index contributed by atoms with van der Waals surface area (Å²) in [7, 11) is -0.923. The molecule has 0 fully saturated rings. The number of rotatable bonds is 11.